The lowest BCUT2D eigenvalue weighted by atomic mass is 10.0. The molecule has 1 radical (unpaired) electrons. The first-order chi connectivity index (χ1) is 23.1. The van der Waals surface area contributed by atoms with Crippen LogP contribution >= 0.6 is 9.34 Å². The molecule has 0 saturated heterocycles. The van der Waals surface area contributed by atoms with Crippen LogP contribution in [0.4, 0.5) is 0 Å². The molecule has 1 aliphatic heterocycles. The van der Waals surface area contributed by atoms with Crippen LogP contribution in [-0.2, 0) is 0 Å². The number of rotatable bonds is 17. The molecule has 0 bridgehead atoms. The summed E-state index contributed by atoms with van der Waals surface area (Å²) in [6, 6.07) is 0. The molecule has 1 atom stereocenters. The number of hydrogen-bond donors (Lipinski definition) is 0. The van der Waals surface area contributed by atoms with Gasteiger partial charge in [-0.3, -0.25) is 0 Å². The fraction of sp³-hybridized carbons (Fsp3) is 1.00. The van der Waals surface area contributed by atoms with Crippen LogP contribution in [0.2, 0.25) is 187 Å². The molecule has 0 aromatic carbocycles. The van der Waals surface area contributed by atoms with E-state index in [1.54, 1.807) is 25.7 Å². The van der Waals surface area contributed by atoms with Gasteiger partial charge in [0, 0.05) is 71.1 Å². The van der Waals surface area contributed by atoms with Crippen molar-refractivity contribution in [2.45, 2.75) is 252 Å². The van der Waals surface area contributed by atoms with E-state index < -0.39 is 93.3 Å². The van der Waals surface area contributed by atoms with Crippen LogP contribution in [0.5, 0.6) is 0 Å². The zero-order chi connectivity index (χ0) is 42.3. The van der Waals surface area contributed by atoms with Crippen molar-refractivity contribution in [2.75, 3.05) is 0 Å². The topological polar surface area (TPSA) is 0 Å². The lowest BCUT2D eigenvalue weighted by Gasteiger charge is -2.64. The highest BCUT2D eigenvalue weighted by Gasteiger charge is 2.77. The molecule has 1 saturated carbocycles. The third kappa shape index (κ3) is 10.5. The minimum atomic E-state index is -1.83. The summed E-state index contributed by atoms with van der Waals surface area (Å²) >= 11 is 0. The van der Waals surface area contributed by atoms with Crippen LogP contribution in [-0.4, -0.2) is 98.5 Å². The first kappa shape index (κ1) is 52.1. The molecule has 53 heavy (non-hydrogen) atoms. The van der Waals surface area contributed by atoms with Crippen molar-refractivity contribution in [3.8, 4) is 0 Å². The Morgan fingerprint density at radius 2 is 0.585 bits per heavy atom. The van der Waals surface area contributed by atoms with Gasteiger partial charge in [0.25, 0.3) is 0 Å². The summed E-state index contributed by atoms with van der Waals surface area (Å²) in [5.41, 5.74) is 1.97. The van der Waals surface area contributed by atoms with E-state index in [4.69, 9.17) is 0 Å². The van der Waals surface area contributed by atoms with Gasteiger partial charge in [0.05, 0.1) is 15.2 Å². The van der Waals surface area contributed by atoms with Gasteiger partial charge in [0.2, 0.25) is 0 Å². The molecule has 0 aromatic rings. The maximum Gasteiger partial charge on any atom is 0.110 e. The summed E-state index contributed by atoms with van der Waals surface area (Å²) in [6.45, 7) is 81.8. The Morgan fingerprint density at radius 1 is 0.358 bits per heavy atom. The van der Waals surface area contributed by atoms with Gasteiger partial charge in [-0.05, 0) is 18.1 Å². The Hall–Kier alpha value is 2.95. The van der Waals surface area contributed by atoms with E-state index in [-0.39, 0.29) is 0 Å². The highest BCUT2D eigenvalue weighted by Crippen LogP contribution is 2.69. The molecule has 0 spiro atoms. The molecule has 0 aromatic heterocycles. The van der Waals surface area contributed by atoms with Gasteiger partial charge < -0.3 is 0 Å². The highest BCUT2D eigenvalue weighted by molar-refractivity contribution is 8.72. The molecule has 0 N–H and O–H groups in total. The lowest BCUT2D eigenvalue weighted by Crippen LogP contribution is -2.79. The second-order valence-electron chi connectivity index (χ2n) is 28.1. The van der Waals surface area contributed by atoms with Gasteiger partial charge in [-0.25, -0.2) is 9.34 Å². The SMILES string of the molecule is CC(C)[Si](C([Si](C)(C)C)[Si](C)(C)C)(C([Si](C)(C)C)[Si](C)(C)C)[Si]1[Si]([Si](C(C)C)(C([Si](C)(C)C)[Si](C)(C)C)C([Si](C)(C)C)[Si](C)(C)C)=S1C1CCCCC1. The minimum absolute atomic E-state index is 0.455. The van der Waals surface area contributed by atoms with Crippen molar-refractivity contribution < 1.29 is 0 Å². The lowest BCUT2D eigenvalue weighted by molar-refractivity contribution is 0.517. The Bertz CT molecular complexity index is 1160. The molecular weight excluding hydrogens is 850 g/mol. The third-order valence-corrected chi connectivity index (χ3v) is 156. The van der Waals surface area contributed by atoms with E-state index in [1.165, 1.54) is 25.6 Å². The van der Waals surface area contributed by atoms with Crippen LogP contribution in [0.3, 0.4) is 0 Å². The van der Waals surface area contributed by atoms with E-state index in [1.807, 2.05) is 0 Å². The zero-order valence-corrected chi connectivity index (χ0v) is 54.8. The normalized spacial score (nSPS) is 20.7. The summed E-state index contributed by atoms with van der Waals surface area (Å²) in [4.78, 5) is 4.76. The minimum Gasteiger partial charge on any atom is -0.231 e. The van der Waals surface area contributed by atoms with E-state index in [0.29, 0.717) is 0 Å². The monoisotopic (exact) mass is 949 g/mol. The predicted molar refractivity (Wildman–Crippen MR) is 289 cm³/mol. The van der Waals surface area contributed by atoms with Gasteiger partial charge in [0.15, 0.2) is 0 Å². The fourth-order valence-electron chi connectivity index (χ4n) is 16.2. The predicted octanol–water partition coefficient (Wildman–Crippen LogP) is 16.0. The van der Waals surface area contributed by atoms with Crippen molar-refractivity contribution >= 4 is 103 Å². The summed E-state index contributed by atoms with van der Waals surface area (Å²) in [7, 11) is -14.8. The average molecular weight is 951 g/mol. The van der Waals surface area contributed by atoms with Gasteiger partial charge in [-0.1, -0.05) is 234 Å². The first-order valence-corrected chi connectivity index (χ1v) is 64.4. The van der Waals surface area contributed by atoms with Crippen LogP contribution in [0.1, 0.15) is 59.8 Å². The summed E-state index contributed by atoms with van der Waals surface area (Å²) in [5, 5.41) is 1.14. The molecule has 2 aliphatic rings. The van der Waals surface area contributed by atoms with Crippen molar-refractivity contribution in [3.05, 3.63) is 0 Å². The Morgan fingerprint density at radius 3 is 0.792 bits per heavy atom. The quantitative estimate of drug-likeness (QED) is 0.127. The molecule has 1 unspecified atom stereocenters. The number of hydrogen-bond acceptors (Lipinski definition) is 0. The Balaban J connectivity index is 3.67. The molecule has 2 rings (SSSR count). The standard InChI is InChI=1S/C40H101SSi12/c1-34(2)52(37(44(5,6)7)45(8,9)10,38(46(11,12)13)47(14,15)16)42-41(36-32-30-29-31-33-36)43(42)53(35(3)4,39(48(17,18)19)49(20,21)22)40(50(23,24)25)51(26,27)28/h34-40H,29-33H2,1-28H3. The Kier molecular flexibility index (Phi) is 16.4. The second-order valence-corrected chi connectivity index (χ2v) is 113. The van der Waals surface area contributed by atoms with Gasteiger partial charge >= 0.3 is 0 Å². The first-order valence-electron chi connectivity index (χ1n) is 22.6. The smallest absolute Gasteiger partial charge is 0.110 e. The molecule has 1 fully saturated rings. The summed E-state index contributed by atoms with van der Waals surface area (Å²) in [6.07, 6.45) is 7.95. The van der Waals surface area contributed by atoms with Gasteiger partial charge in [-0.15, -0.1) is 0 Å². The largest absolute Gasteiger partial charge is 0.231 e. The zero-order valence-electron chi connectivity index (χ0n) is 42.0. The molecule has 1 aliphatic carbocycles. The van der Waals surface area contributed by atoms with Crippen molar-refractivity contribution in [1.82, 2.24) is 0 Å². The molecule has 315 valence electrons. The van der Waals surface area contributed by atoms with Crippen LogP contribution < -0.4 is 0 Å². The summed E-state index contributed by atoms with van der Waals surface area (Å²) in [5.74, 6) is 0. The Labute approximate surface area is 352 Å². The van der Waals surface area contributed by atoms with Crippen LogP contribution in [0, 0.1) is 0 Å². The van der Waals surface area contributed by atoms with E-state index in [0.717, 1.165) is 25.7 Å². The maximum absolute atomic E-state index is 2.96. The van der Waals surface area contributed by atoms with E-state index in [9.17, 15) is 0 Å². The van der Waals surface area contributed by atoms with E-state index in [2.05, 4.69) is 185 Å². The van der Waals surface area contributed by atoms with Crippen LogP contribution in [0.25, 0.3) is 0 Å². The third-order valence-electron chi connectivity index (χ3n) is 14.0. The van der Waals surface area contributed by atoms with Crippen LogP contribution in [0.15, 0.2) is 0 Å². The molecular formula is C40H101SSi12. The molecule has 13 heteroatoms. The van der Waals surface area contributed by atoms with Gasteiger partial charge in [0.1, 0.15) is 6.98 Å². The van der Waals surface area contributed by atoms with Crippen molar-refractivity contribution in [1.29, 1.82) is 0 Å². The van der Waals surface area contributed by atoms with E-state index >= 15 is 0 Å². The van der Waals surface area contributed by atoms with Gasteiger partial charge in [-0.2, -0.15) is 0 Å². The van der Waals surface area contributed by atoms with Crippen molar-refractivity contribution in [3.63, 3.8) is 0 Å². The van der Waals surface area contributed by atoms with Crippen molar-refractivity contribution in [2.24, 2.45) is 0 Å². The highest BCUT2D eigenvalue weighted by atomic mass is 32.6. The second kappa shape index (κ2) is 16.7. The average Bonchev–Trinajstić information content (AvgIpc) is 3.57. The molecule has 1 heterocycles. The molecule has 0 nitrogen and oxygen atoms in total. The fourth-order valence-corrected chi connectivity index (χ4v) is 297. The molecule has 0 amide bonds. The summed E-state index contributed by atoms with van der Waals surface area (Å²) < 4.78 is 0. The maximum atomic E-state index is 2.96.